The van der Waals surface area contributed by atoms with Gasteiger partial charge in [0.05, 0.1) is 31.6 Å². The van der Waals surface area contributed by atoms with E-state index in [1.807, 2.05) is 18.2 Å². The van der Waals surface area contributed by atoms with E-state index < -0.39 is 0 Å². The Morgan fingerprint density at radius 3 is 2.65 bits per heavy atom. The fourth-order valence-electron chi connectivity index (χ4n) is 2.66. The maximum absolute atomic E-state index is 13.9. The number of anilines is 2. The minimum Gasteiger partial charge on any atom is -0.495 e. The molecule has 0 spiro atoms. The number of nitrogens with zero attached hydrogens (tertiary/aromatic N) is 4. The Morgan fingerprint density at radius 1 is 1.04 bits per heavy atom. The van der Waals surface area contributed by atoms with Gasteiger partial charge in [0, 0.05) is 23.2 Å². The van der Waals surface area contributed by atoms with Crippen molar-refractivity contribution in [1.29, 1.82) is 0 Å². The summed E-state index contributed by atoms with van der Waals surface area (Å²) >= 11 is 0. The maximum atomic E-state index is 13.9. The Balaban J connectivity index is 1.62. The van der Waals surface area contributed by atoms with Crippen LogP contribution in [-0.2, 0) is 6.54 Å². The molecule has 0 aliphatic rings. The number of methoxy groups -OCH3 is 1. The second-order valence-corrected chi connectivity index (χ2v) is 5.73. The smallest absolute Gasteiger partial charge is 0.137 e. The van der Waals surface area contributed by atoms with Crippen LogP contribution in [0.1, 0.15) is 5.56 Å². The van der Waals surface area contributed by atoms with Crippen LogP contribution >= 0.6 is 0 Å². The lowest BCUT2D eigenvalue weighted by Gasteiger charge is -2.08. The van der Waals surface area contributed by atoms with Crippen LogP contribution in [0.5, 0.6) is 5.75 Å². The van der Waals surface area contributed by atoms with Crippen LogP contribution in [0.2, 0.25) is 0 Å². The van der Waals surface area contributed by atoms with Crippen molar-refractivity contribution in [2.75, 3.05) is 12.4 Å². The number of fused-ring (bicyclic) bond motifs is 1. The molecule has 26 heavy (non-hydrogen) atoms. The summed E-state index contributed by atoms with van der Waals surface area (Å²) in [5.74, 6) is 1.72. The normalized spacial score (nSPS) is 10.8. The van der Waals surface area contributed by atoms with E-state index in [9.17, 15) is 4.39 Å². The van der Waals surface area contributed by atoms with Crippen molar-refractivity contribution in [2.45, 2.75) is 6.54 Å². The predicted octanol–water partition coefficient (Wildman–Crippen LogP) is 3.77. The predicted molar refractivity (Wildman–Crippen MR) is 97.1 cm³/mol. The van der Waals surface area contributed by atoms with Gasteiger partial charge in [0.15, 0.2) is 0 Å². The van der Waals surface area contributed by atoms with Crippen LogP contribution in [0.4, 0.5) is 16.0 Å². The van der Waals surface area contributed by atoms with Gasteiger partial charge >= 0.3 is 0 Å². The lowest BCUT2D eigenvalue weighted by Crippen LogP contribution is -2.04. The minimum atomic E-state index is -0.244. The van der Waals surface area contributed by atoms with Crippen LogP contribution in [0.25, 0.3) is 10.9 Å². The largest absolute Gasteiger partial charge is 0.495 e. The molecule has 0 saturated carbocycles. The van der Waals surface area contributed by atoms with Crippen LogP contribution in [0, 0.1) is 5.82 Å². The molecule has 130 valence electrons. The second-order valence-electron chi connectivity index (χ2n) is 5.73. The Labute approximate surface area is 149 Å². The van der Waals surface area contributed by atoms with Crippen molar-refractivity contribution in [1.82, 2.24) is 19.7 Å². The third kappa shape index (κ3) is 3.19. The van der Waals surface area contributed by atoms with Crippen LogP contribution in [0.15, 0.2) is 61.1 Å². The Morgan fingerprint density at radius 2 is 1.88 bits per heavy atom. The van der Waals surface area contributed by atoms with Gasteiger partial charge in [-0.15, -0.1) is 0 Å². The molecule has 0 unspecified atom stereocenters. The van der Waals surface area contributed by atoms with E-state index in [4.69, 9.17) is 4.74 Å². The van der Waals surface area contributed by atoms with Crippen LogP contribution < -0.4 is 10.1 Å². The van der Waals surface area contributed by atoms with E-state index in [0.29, 0.717) is 29.5 Å². The van der Waals surface area contributed by atoms with E-state index in [1.165, 1.54) is 6.07 Å². The Hall–Kier alpha value is -3.48. The lowest BCUT2D eigenvalue weighted by molar-refractivity contribution is 0.413. The fourth-order valence-corrected chi connectivity index (χ4v) is 2.66. The molecular formula is C19H16FN5O. The van der Waals surface area contributed by atoms with E-state index in [-0.39, 0.29) is 5.82 Å². The van der Waals surface area contributed by atoms with Gasteiger partial charge in [-0.1, -0.05) is 18.2 Å². The molecule has 0 atom stereocenters. The van der Waals surface area contributed by atoms with Gasteiger partial charge in [-0.05, 0) is 18.2 Å². The molecule has 0 radical (unpaired) electrons. The number of rotatable bonds is 5. The number of hydrogen-bond acceptors (Lipinski definition) is 5. The van der Waals surface area contributed by atoms with Gasteiger partial charge < -0.3 is 10.1 Å². The molecule has 3 aromatic heterocycles. The highest BCUT2D eigenvalue weighted by Crippen LogP contribution is 2.21. The van der Waals surface area contributed by atoms with Crippen molar-refractivity contribution < 1.29 is 9.13 Å². The third-order valence-electron chi connectivity index (χ3n) is 4.03. The zero-order valence-electron chi connectivity index (χ0n) is 14.1. The van der Waals surface area contributed by atoms with Gasteiger partial charge in [0.25, 0.3) is 0 Å². The number of nitrogens with one attached hydrogen (secondary N) is 1. The van der Waals surface area contributed by atoms with Gasteiger partial charge in [-0.3, -0.25) is 4.68 Å². The number of benzene rings is 1. The average molecular weight is 349 g/mol. The molecule has 0 fully saturated rings. The molecule has 0 bridgehead atoms. The van der Waals surface area contributed by atoms with Crippen LogP contribution in [0.3, 0.4) is 0 Å². The van der Waals surface area contributed by atoms with Crippen molar-refractivity contribution in [3.8, 4) is 5.75 Å². The van der Waals surface area contributed by atoms with Crippen molar-refractivity contribution in [3.05, 3.63) is 72.4 Å². The summed E-state index contributed by atoms with van der Waals surface area (Å²) < 4.78 is 20.8. The first kappa shape index (κ1) is 16.0. The summed E-state index contributed by atoms with van der Waals surface area (Å²) in [4.78, 5) is 8.64. The lowest BCUT2D eigenvalue weighted by atomic mass is 10.2. The molecule has 4 aromatic rings. The SMILES string of the molecule is COc1ccc(Nc2cc3c(cn2)cnn3Cc2ccccc2F)nc1. The topological polar surface area (TPSA) is 64.9 Å². The summed E-state index contributed by atoms with van der Waals surface area (Å²) in [6.45, 7) is 0.348. The summed E-state index contributed by atoms with van der Waals surface area (Å²) in [5.41, 5.74) is 1.44. The molecule has 0 aliphatic carbocycles. The second kappa shape index (κ2) is 6.79. The quantitative estimate of drug-likeness (QED) is 0.594. The number of pyridine rings is 2. The van der Waals surface area contributed by atoms with Gasteiger partial charge in [0.1, 0.15) is 23.2 Å². The average Bonchev–Trinajstić information content (AvgIpc) is 3.06. The summed E-state index contributed by atoms with van der Waals surface area (Å²) in [6.07, 6.45) is 5.08. The molecule has 1 N–H and O–H groups in total. The van der Waals surface area contributed by atoms with Crippen molar-refractivity contribution >= 4 is 22.5 Å². The standard InChI is InChI=1S/C19H16FN5O/c1-26-15-6-7-18(22-11-15)24-19-8-17-14(9-21-19)10-23-25(17)12-13-4-2-3-5-16(13)20/h2-11H,12H2,1H3,(H,21,22,24). The van der Waals surface area contributed by atoms with Gasteiger partial charge in [0.2, 0.25) is 0 Å². The Kier molecular flexibility index (Phi) is 4.18. The highest BCUT2D eigenvalue weighted by molar-refractivity contribution is 5.81. The monoisotopic (exact) mass is 349 g/mol. The number of halogens is 1. The number of hydrogen-bond donors (Lipinski definition) is 1. The fraction of sp³-hybridized carbons (Fsp3) is 0.105. The van der Waals surface area contributed by atoms with Gasteiger partial charge in [-0.2, -0.15) is 5.10 Å². The molecule has 0 saturated heterocycles. The number of aromatic nitrogens is 4. The summed E-state index contributed by atoms with van der Waals surface area (Å²) in [5, 5.41) is 8.38. The molecule has 4 rings (SSSR count). The third-order valence-corrected chi connectivity index (χ3v) is 4.03. The number of ether oxygens (including phenoxy) is 1. The zero-order valence-corrected chi connectivity index (χ0v) is 14.1. The first-order valence-corrected chi connectivity index (χ1v) is 8.05. The molecule has 0 amide bonds. The minimum absolute atomic E-state index is 0.244. The Bertz CT molecular complexity index is 1050. The summed E-state index contributed by atoms with van der Waals surface area (Å²) in [6, 6.07) is 12.2. The molecule has 3 heterocycles. The highest BCUT2D eigenvalue weighted by atomic mass is 19.1. The van der Waals surface area contributed by atoms with Gasteiger partial charge in [-0.25, -0.2) is 14.4 Å². The zero-order chi connectivity index (χ0) is 17.9. The first-order chi connectivity index (χ1) is 12.7. The molecule has 7 heteroatoms. The van der Waals surface area contributed by atoms with Crippen LogP contribution in [-0.4, -0.2) is 26.9 Å². The first-order valence-electron chi connectivity index (χ1n) is 8.05. The summed E-state index contributed by atoms with van der Waals surface area (Å²) in [7, 11) is 1.59. The molecule has 0 aliphatic heterocycles. The highest BCUT2D eigenvalue weighted by Gasteiger charge is 2.08. The van der Waals surface area contributed by atoms with Crippen molar-refractivity contribution in [3.63, 3.8) is 0 Å². The van der Waals surface area contributed by atoms with E-state index in [0.717, 1.165) is 10.9 Å². The molecular weight excluding hydrogens is 333 g/mol. The molecule has 1 aromatic carbocycles. The maximum Gasteiger partial charge on any atom is 0.137 e. The van der Waals surface area contributed by atoms with Crippen molar-refractivity contribution in [2.24, 2.45) is 0 Å². The van der Waals surface area contributed by atoms with E-state index in [2.05, 4.69) is 20.4 Å². The van der Waals surface area contributed by atoms with E-state index in [1.54, 1.807) is 48.6 Å². The molecule has 6 nitrogen and oxygen atoms in total. The van der Waals surface area contributed by atoms with E-state index >= 15 is 0 Å².